The van der Waals surface area contributed by atoms with Crippen molar-refractivity contribution in [2.45, 2.75) is 12.8 Å². The third-order valence-electron chi connectivity index (χ3n) is 1.44. The number of nitrogens with two attached hydrogens (primary N) is 1. The number of rotatable bonds is 3. The highest BCUT2D eigenvalue weighted by atomic mass is 16.4. The van der Waals surface area contributed by atoms with Gasteiger partial charge in [-0.3, -0.25) is 9.78 Å². The van der Waals surface area contributed by atoms with E-state index in [9.17, 15) is 4.79 Å². The van der Waals surface area contributed by atoms with Crippen LogP contribution in [0.1, 0.15) is 12.1 Å². The Kier molecular flexibility index (Phi) is 2.63. The minimum Gasteiger partial charge on any atom is -0.481 e. The Morgan fingerprint density at radius 3 is 3.00 bits per heavy atom. The maximum atomic E-state index is 10.2. The molecule has 0 saturated heterocycles. The highest BCUT2D eigenvalue weighted by Gasteiger charge is 1.99. The minimum atomic E-state index is -0.820. The van der Waals surface area contributed by atoms with Crippen LogP contribution >= 0.6 is 0 Å². The summed E-state index contributed by atoms with van der Waals surface area (Å²) >= 11 is 0. The molecule has 1 aromatic rings. The molecule has 1 aromatic heterocycles. The molecule has 1 rings (SSSR count). The van der Waals surface area contributed by atoms with E-state index in [1.807, 2.05) is 0 Å². The fourth-order valence-electron chi connectivity index (χ4n) is 0.869. The molecule has 3 N–H and O–H groups in total. The zero-order valence-electron chi connectivity index (χ0n) is 6.53. The first-order valence-corrected chi connectivity index (χ1v) is 3.60. The fraction of sp³-hybridized carbons (Fsp3) is 0.250. The standard InChI is InChI=1S/C8H10N2O2/c9-6-3-4-10-7(5-6)1-2-8(11)12/h3-5H,1-2H2,(H2,9,10)(H,11,12). The first-order valence-electron chi connectivity index (χ1n) is 3.60. The van der Waals surface area contributed by atoms with Crippen molar-refractivity contribution in [2.24, 2.45) is 0 Å². The number of anilines is 1. The zero-order chi connectivity index (χ0) is 8.97. The van der Waals surface area contributed by atoms with Gasteiger partial charge in [-0.15, -0.1) is 0 Å². The molecular formula is C8H10N2O2. The summed E-state index contributed by atoms with van der Waals surface area (Å²) in [6.07, 6.45) is 2.10. The van der Waals surface area contributed by atoms with E-state index in [2.05, 4.69) is 4.98 Å². The topological polar surface area (TPSA) is 76.2 Å². The molecule has 0 radical (unpaired) electrons. The summed E-state index contributed by atoms with van der Waals surface area (Å²) in [6.45, 7) is 0. The monoisotopic (exact) mass is 166 g/mol. The molecule has 0 amide bonds. The summed E-state index contributed by atoms with van der Waals surface area (Å²) in [5, 5.41) is 8.39. The second-order valence-corrected chi connectivity index (χ2v) is 2.47. The summed E-state index contributed by atoms with van der Waals surface area (Å²) in [5.41, 5.74) is 6.81. The second kappa shape index (κ2) is 3.71. The van der Waals surface area contributed by atoms with Gasteiger partial charge in [-0.1, -0.05) is 0 Å². The van der Waals surface area contributed by atoms with Crippen LogP contribution in [-0.4, -0.2) is 16.1 Å². The fourth-order valence-corrected chi connectivity index (χ4v) is 0.869. The number of carboxylic acid groups (broad SMARTS) is 1. The number of aliphatic carboxylic acids is 1. The van der Waals surface area contributed by atoms with E-state index >= 15 is 0 Å². The maximum Gasteiger partial charge on any atom is 0.303 e. The lowest BCUT2D eigenvalue weighted by Crippen LogP contribution is -1.99. The van der Waals surface area contributed by atoms with Crippen molar-refractivity contribution in [3.05, 3.63) is 24.0 Å². The van der Waals surface area contributed by atoms with E-state index in [1.165, 1.54) is 0 Å². The van der Waals surface area contributed by atoms with E-state index in [0.29, 0.717) is 12.1 Å². The molecule has 0 fully saturated rings. The third-order valence-corrected chi connectivity index (χ3v) is 1.44. The number of aryl methyl sites for hydroxylation is 1. The molecule has 0 aliphatic heterocycles. The van der Waals surface area contributed by atoms with Gasteiger partial charge in [0, 0.05) is 24.0 Å². The van der Waals surface area contributed by atoms with Gasteiger partial charge in [0.1, 0.15) is 0 Å². The lowest BCUT2D eigenvalue weighted by molar-refractivity contribution is -0.136. The predicted molar refractivity (Wildman–Crippen MR) is 44.6 cm³/mol. The van der Waals surface area contributed by atoms with Crippen LogP contribution in [0.3, 0.4) is 0 Å². The van der Waals surface area contributed by atoms with Crippen molar-refractivity contribution in [3.8, 4) is 0 Å². The van der Waals surface area contributed by atoms with Crippen molar-refractivity contribution < 1.29 is 9.90 Å². The molecule has 0 aliphatic carbocycles. The van der Waals surface area contributed by atoms with Gasteiger partial charge in [0.05, 0.1) is 6.42 Å². The molecule has 0 bridgehead atoms. The first-order chi connectivity index (χ1) is 5.68. The average Bonchev–Trinajstić information content (AvgIpc) is 2.01. The summed E-state index contributed by atoms with van der Waals surface area (Å²) < 4.78 is 0. The highest BCUT2D eigenvalue weighted by molar-refractivity contribution is 5.67. The molecule has 4 heteroatoms. The van der Waals surface area contributed by atoms with Crippen LogP contribution in [-0.2, 0) is 11.2 Å². The minimum absolute atomic E-state index is 0.0937. The van der Waals surface area contributed by atoms with Crippen LogP contribution in [0.4, 0.5) is 5.69 Å². The Balaban J connectivity index is 2.57. The van der Waals surface area contributed by atoms with Gasteiger partial charge in [0.25, 0.3) is 0 Å². The molecule has 12 heavy (non-hydrogen) atoms. The quantitative estimate of drug-likeness (QED) is 0.692. The van der Waals surface area contributed by atoms with Crippen molar-refractivity contribution in [1.29, 1.82) is 0 Å². The van der Waals surface area contributed by atoms with E-state index in [0.717, 1.165) is 5.69 Å². The molecule has 64 valence electrons. The molecule has 4 nitrogen and oxygen atoms in total. The molecule has 0 aromatic carbocycles. The number of aromatic nitrogens is 1. The smallest absolute Gasteiger partial charge is 0.303 e. The molecule has 0 spiro atoms. The van der Waals surface area contributed by atoms with Gasteiger partial charge in [-0.05, 0) is 12.1 Å². The van der Waals surface area contributed by atoms with Gasteiger partial charge in [-0.25, -0.2) is 0 Å². The Labute approximate surface area is 70.0 Å². The van der Waals surface area contributed by atoms with Gasteiger partial charge >= 0.3 is 5.97 Å². The van der Waals surface area contributed by atoms with Crippen molar-refractivity contribution in [1.82, 2.24) is 4.98 Å². The van der Waals surface area contributed by atoms with Crippen molar-refractivity contribution in [2.75, 3.05) is 5.73 Å². The molecule has 0 aliphatic rings. The van der Waals surface area contributed by atoms with E-state index in [1.54, 1.807) is 18.3 Å². The van der Waals surface area contributed by atoms with Crippen LogP contribution < -0.4 is 5.73 Å². The predicted octanol–water partition coefficient (Wildman–Crippen LogP) is 0.681. The number of pyridine rings is 1. The average molecular weight is 166 g/mol. The number of hydrogen-bond donors (Lipinski definition) is 2. The summed E-state index contributed by atoms with van der Waals surface area (Å²) in [4.78, 5) is 14.2. The number of nitrogen functional groups attached to an aromatic ring is 1. The molecule has 0 saturated carbocycles. The molecule has 1 heterocycles. The zero-order valence-corrected chi connectivity index (χ0v) is 6.53. The first kappa shape index (κ1) is 8.52. The number of carboxylic acids is 1. The normalized spacial score (nSPS) is 9.67. The Hall–Kier alpha value is -1.58. The summed E-state index contributed by atoms with van der Waals surface area (Å²) in [7, 11) is 0. The van der Waals surface area contributed by atoms with E-state index in [4.69, 9.17) is 10.8 Å². The number of hydrogen-bond acceptors (Lipinski definition) is 3. The summed E-state index contributed by atoms with van der Waals surface area (Å²) in [6, 6.07) is 3.35. The Bertz CT molecular complexity index is 286. The second-order valence-electron chi connectivity index (χ2n) is 2.47. The Morgan fingerprint density at radius 2 is 2.42 bits per heavy atom. The van der Waals surface area contributed by atoms with Crippen LogP contribution in [0.2, 0.25) is 0 Å². The summed E-state index contributed by atoms with van der Waals surface area (Å²) in [5.74, 6) is -0.820. The number of carbonyl (C=O) groups is 1. The molecular weight excluding hydrogens is 156 g/mol. The number of nitrogens with zero attached hydrogens (tertiary/aromatic N) is 1. The lowest BCUT2D eigenvalue weighted by atomic mass is 10.2. The molecule has 0 unspecified atom stereocenters. The van der Waals surface area contributed by atoms with Crippen LogP contribution in [0.15, 0.2) is 18.3 Å². The SMILES string of the molecule is Nc1ccnc(CCC(=O)O)c1. The van der Waals surface area contributed by atoms with Gasteiger partial charge < -0.3 is 10.8 Å². The van der Waals surface area contributed by atoms with Crippen LogP contribution in [0.5, 0.6) is 0 Å². The Morgan fingerprint density at radius 1 is 1.67 bits per heavy atom. The third kappa shape index (κ3) is 2.57. The maximum absolute atomic E-state index is 10.2. The van der Waals surface area contributed by atoms with E-state index < -0.39 is 5.97 Å². The van der Waals surface area contributed by atoms with Gasteiger partial charge in [-0.2, -0.15) is 0 Å². The molecule has 0 atom stereocenters. The van der Waals surface area contributed by atoms with E-state index in [-0.39, 0.29) is 6.42 Å². The van der Waals surface area contributed by atoms with Gasteiger partial charge in [0.2, 0.25) is 0 Å². The van der Waals surface area contributed by atoms with Gasteiger partial charge in [0.15, 0.2) is 0 Å². The van der Waals surface area contributed by atoms with Crippen LogP contribution in [0.25, 0.3) is 0 Å². The van der Waals surface area contributed by atoms with Crippen molar-refractivity contribution in [3.63, 3.8) is 0 Å². The highest BCUT2D eigenvalue weighted by Crippen LogP contribution is 2.04. The lowest BCUT2D eigenvalue weighted by Gasteiger charge is -1.97. The van der Waals surface area contributed by atoms with Crippen molar-refractivity contribution >= 4 is 11.7 Å². The largest absolute Gasteiger partial charge is 0.481 e. The van der Waals surface area contributed by atoms with Crippen LogP contribution in [0, 0.1) is 0 Å².